The molecule has 0 aliphatic heterocycles. The van der Waals surface area contributed by atoms with Gasteiger partial charge in [-0.05, 0) is 12.3 Å². The monoisotopic (exact) mass is 156 g/mol. The van der Waals surface area contributed by atoms with Gasteiger partial charge in [0, 0.05) is 19.3 Å². The van der Waals surface area contributed by atoms with Crippen molar-refractivity contribution in [2.45, 2.75) is 25.7 Å². The van der Waals surface area contributed by atoms with Crippen LogP contribution >= 0.6 is 0 Å². The Morgan fingerprint density at radius 3 is 2.91 bits per heavy atom. The van der Waals surface area contributed by atoms with Gasteiger partial charge in [-0.3, -0.25) is 9.59 Å². The van der Waals surface area contributed by atoms with Crippen LogP contribution < -0.4 is 0 Å². The highest BCUT2D eigenvalue weighted by atomic mass is 16.5. The normalized spacial score (nSPS) is 23.7. The molecule has 1 fully saturated rings. The van der Waals surface area contributed by atoms with E-state index in [1.165, 1.54) is 7.11 Å². The van der Waals surface area contributed by atoms with Gasteiger partial charge in [-0.2, -0.15) is 0 Å². The quantitative estimate of drug-likeness (QED) is 0.558. The van der Waals surface area contributed by atoms with Crippen LogP contribution in [0.1, 0.15) is 25.7 Å². The summed E-state index contributed by atoms with van der Waals surface area (Å²) in [5, 5.41) is 0. The Kier molecular flexibility index (Phi) is 2.63. The fraction of sp³-hybridized carbons (Fsp3) is 0.750. The summed E-state index contributed by atoms with van der Waals surface area (Å²) in [5.74, 6) is 0.318. The third-order valence-electron chi connectivity index (χ3n) is 2.03. The summed E-state index contributed by atoms with van der Waals surface area (Å²) in [6, 6.07) is 0. The molecule has 0 bridgehead atoms. The van der Waals surface area contributed by atoms with E-state index in [1.807, 2.05) is 0 Å². The van der Waals surface area contributed by atoms with Crippen molar-refractivity contribution in [2.24, 2.45) is 5.92 Å². The molecule has 0 saturated heterocycles. The van der Waals surface area contributed by atoms with Gasteiger partial charge in [0.15, 0.2) is 0 Å². The van der Waals surface area contributed by atoms with Gasteiger partial charge in [0.1, 0.15) is 5.78 Å². The second-order valence-corrected chi connectivity index (χ2v) is 2.93. The summed E-state index contributed by atoms with van der Waals surface area (Å²) in [7, 11) is 1.37. The fourth-order valence-electron chi connectivity index (χ4n) is 1.38. The summed E-state index contributed by atoms with van der Waals surface area (Å²) in [6.07, 6.45) is 2.47. The maximum atomic E-state index is 10.8. The molecule has 1 atom stereocenters. The van der Waals surface area contributed by atoms with Gasteiger partial charge in [-0.15, -0.1) is 0 Å². The van der Waals surface area contributed by atoms with Crippen molar-refractivity contribution in [1.82, 2.24) is 0 Å². The zero-order chi connectivity index (χ0) is 8.27. The van der Waals surface area contributed by atoms with Crippen molar-refractivity contribution in [3.8, 4) is 0 Å². The van der Waals surface area contributed by atoms with Gasteiger partial charge >= 0.3 is 5.97 Å². The van der Waals surface area contributed by atoms with E-state index in [0.717, 1.165) is 6.42 Å². The molecule has 11 heavy (non-hydrogen) atoms. The number of carbonyl (C=O) groups excluding carboxylic acids is 2. The second kappa shape index (κ2) is 3.51. The first-order valence-electron chi connectivity index (χ1n) is 3.81. The van der Waals surface area contributed by atoms with Crippen LogP contribution in [0.2, 0.25) is 0 Å². The van der Waals surface area contributed by atoms with E-state index in [1.54, 1.807) is 0 Å². The van der Waals surface area contributed by atoms with Gasteiger partial charge < -0.3 is 4.74 Å². The molecule has 0 N–H and O–H groups in total. The van der Waals surface area contributed by atoms with Gasteiger partial charge in [0.05, 0.1) is 7.11 Å². The number of carbonyl (C=O) groups is 2. The van der Waals surface area contributed by atoms with Crippen LogP contribution in [-0.4, -0.2) is 18.9 Å². The molecule has 62 valence electrons. The molecule has 1 aliphatic rings. The minimum Gasteiger partial charge on any atom is -0.469 e. The van der Waals surface area contributed by atoms with Gasteiger partial charge in [-0.25, -0.2) is 0 Å². The van der Waals surface area contributed by atoms with E-state index >= 15 is 0 Å². The van der Waals surface area contributed by atoms with Gasteiger partial charge in [0.25, 0.3) is 0 Å². The summed E-state index contributed by atoms with van der Waals surface area (Å²) < 4.78 is 4.50. The van der Waals surface area contributed by atoms with Crippen LogP contribution in [0, 0.1) is 5.92 Å². The molecule has 0 aromatic rings. The maximum absolute atomic E-state index is 10.8. The van der Waals surface area contributed by atoms with E-state index in [2.05, 4.69) is 4.74 Å². The minimum absolute atomic E-state index is 0.204. The number of ketones is 1. The molecule has 1 unspecified atom stereocenters. The highest BCUT2D eigenvalue weighted by Crippen LogP contribution is 2.24. The summed E-state index contributed by atoms with van der Waals surface area (Å²) >= 11 is 0. The van der Waals surface area contributed by atoms with E-state index in [9.17, 15) is 9.59 Å². The van der Waals surface area contributed by atoms with Crippen LogP contribution in [-0.2, 0) is 14.3 Å². The Bertz CT molecular complexity index is 174. The maximum Gasteiger partial charge on any atom is 0.305 e. The number of rotatable bonds is 2. The van der Waals surface area contributed by atoms with E-state index < -0.39 is 0 Å². The Morgan fingerprint density at radius 1 is 1.73 bits per heavy atom. The topological polar surface area (TPSA) is 43.4 Å². The lowest BCUT2D eigenvalue weighted by atomic mass is 10.0. The first-order chi connectivity index (χ1) is 5.22. The lowest BCUT2D eigenvalue weighted by Gasteiger charge is -2.04. The minimum atomic E-state index is -0.204. The van der Waals surface area contributed by atoms with Gasteiger partial charge in [-0.1, -0.05) is 0 Å². The standard InChI is InChI=1S/C8H12O3/c1-11-8(10)5-6-2-3-7(9)4-6/h6H,2-5H2,1H3. The van der Waals surface area contributed by atoms with Crippen molar-refractivity contribution in [3.05, 3.63) is 0 Å². The predicted octanol–water partition coefficient (Wildman–Crippen LogP) is 0.919. The molecule has 1 aliphatic carbocycles. The van der Waals surface area contributed by atoms with Crippen molar-refractivity contribution >= 4 is 11.8 Å². The van der Waals surface area contributed by atoms with Crippen molar-refractivity contribution in [2.75, 3.05) is 7.11 Å². The molecule has 3 heteroatoms. The van der Waals surface area contributed by atoms with Crippen LogP contribution in [0.4, 0.5) is 0 Å². The number of hydrogen-bond donors (Lipinski definition) is 0. The predicted molar refractivity (Wildman–Crippen MR) is 39.0 cm³/mol. The molecule has 3 nitrogen and oxygen atoms in total. The third kappa shape index (κ3) is 2.33. The number of methoxy groups -OCH3 is 1. The summed E-state index contributed by atoms with van der Waals surface area (Å²) in [4.78, 5) is 21.5. The zero-order valence-electron chi connectivity index (χ0n) is 6.63. The first kappa shape index (κ1) is 8.24. The highest BCUT2D eigenvalue weighted by Gasteiger charge is 2.24. The molecule has 0 aromatic heterocycles. The smallest absolute Gasteiger partial charge is 0.305 e. The van der Waals surface area contributed by atoms with Crippen molar-refractivity contribution in [3.63, 3.8) is 0 Å². The summed E-state index contributed by atoms with van der Waals surface area (Å²) in [6.45, 7) is 0. The largest absolute Gasteiger partial charge is 0.469 e. The number of hydrogen-bond acceptors (Lipinski definition) is 3. The highest BCUT2D eigenvalue weighted by molar-refractivity contribution is 5.81. The molecular weight excluding hydrogens is 144 g/mol. The van der Waals surface area contributed by atoms with Crippen LogP contribution in [0.15, 0.2) is 0 Å². The Labute approximate surface area is 65.7 Å². The molecule has 0 aromatic carbocycles. The van der Waals surface area contributed by atoms with E-state index in [4.69, 9.17) is 0 Å². The molecule has 0 radical (unpaired) electrons. The van der Waals surface area contributed by atoms with Crippen molar-refractivity contribution in [1.29, 1.82) is 0 Å². The Morgan fingerprint density at radius 2 is 2.45 bits per heavy atom. The summed E-state index contributed by atoms with van der Waals surface area (Å²) in [5.41, 5.74) is 0. The molecular formula is C8H12O3. The fourth-order valence-corrected chi connectivity index (χ4v) is 1.38. The lowest BCUT2D eigenvalue weighted by molar-refractivity contribution is -0.141. The zero-order valence-corrected chi connectivity index (χ0v) is 6.63. The Balaban J connectivity index is 2.28. The average Bonchev–Trinajstić information content (AvgIpc) is 2.35. The van der Waals surface area contributed by atoms with E-state index in [-0.39, 0.29) is 17.7 Å². The SMILES string of the molecule is COC(=O)CC1CCC(=O)C1. The first-order valence-corrected chi connectivity index (χ1v) is 3.81. The van der Waals surface area contributed by atoms with Crippen molar-refractivity contribution < 1.29 is 14.3 Å². The number of ether oxygens (including phenoxy) is 1. The second-order valence-electron chi connectivity index (χ2n) is 2.93. The van der Waals surface area contributed by atoms with Crippen LogP contribution in [0.3, 0.4) is 0 Å². The average molecular weight is 156 g/mol. The molecule has 1 rings (SSSR count). The number of esters is 1. The van der Waals surface area contributed by atoms with Crippen LogP contribution in [0.5, 0.6) is 0 Å². The van der Waals surface area contributed by atoms with Gasteiger partial charge in [0.2, 0.25) is 0 Å². The Hall–Kier alpha value is -0.860. The molecule has 0 heterocycles. The molecule has 0 amide bonds. The third-order valence-corrected chi connectivity index (χ3v) is 2.03. The molecule has 0 spiro atoms. The van der Waals surface area contributed by atoms with Crippen LogP contribution in [0.25, 0.3) is 0 Å². The van der Waals surface area contributed by atoms with E-state index in [0.29, 0.717) is 19.3 Å². The lowest BCUT2D eigenvalue weighted by Crippen LogP contribution is -2.07. The molecule has 1 saturated carbocycles. The number of Topliss-reactive ketones (excluding diaryl/α,β-unsaturated/α-hetero) is 1.